The topological polar surface area (TPSA) is 50.4 Å². The van der Waals surface area contributed by atoms with Gasteiger partial charge in [-0.05, 0) is 30.0 Å². The Balaban J connectivity index is 2.84. The van der Waals surface area contributed by atoms with Gasteiger partial charge in [0.25, 0.3) is 0 Å². The molecule has 0 aliphatic heterocycles. The fourth-order valence-corrected chi connectivity index (χ4v) is 1.59. The van der Waals surface area contributed by atoms with Gasteiger partial charge in [-0.1, -0.05) is 26.8 Å². The van der Waals surface area contributed by atoms with E-state index in [0.29, 0.717) is 23.9 Å². The van der Waals surface area contributed by atoms with Crippen molar-refractivity contribution in [1.29, 1.82) is 0 Å². The van der Waals surface area contributed by atoms with Crippen molar-refractivity contribution in [2.24, 2.45) is 0 Å². The zero-order valence-electron chi connectivity index (χ0n) is 11.5. The molecule has 0 heterocycles. The van der Waals surface area contributed by atoms with Crippen molar-refractivity contribution < 1.29 is 9.53 Å². The molecule has 2 N–H and O–H groups in total. The average Bonchev–Trinajstić information content (AvgIpc) is 2.36. The quantitative estimate of drug-likeness (QED) is 0.842. The van der Waals surface area contributed by atoms with Crippen LogP contribution in [0.3, 0.4) is 0 Å². The van der Waals surface area contributed by atoms with Crippen molar-refractivity contribution in [3.05, 3.63) is 23.8 Å². The smallest absolute Gasteiger partial charge is 0.319 e. The fourth-order valence-electron chi connectivity index (χ4n) is 1.59. The molecule has 4 heteroatoms. The van der Waals surface area contributed by atoms with Gasteiger partial charge in [-0.2, -0.15) is 0 Å². The molecular weight excluding hydrogens is 228 g/mol. The van der Waals surface area contributed by atoms with Crippen LogP contribution in [0.5, 0.6) is 5.75 Å². The Morgan fingerprint density at radius 3 is 2.67 bits per heavy atom. The highest BCUT2D eigenvalue weighted by molar-refractivity contribution is 5.91. The molecule has 0 atom stereocenters. The number of carbonyl (C=O) groups is 1. The van der Waals surface area contributed by atoms with E-state index in [0.717, 1.165) is 6.42 Å². The summed E-state index contributed by atoms with van der Waals surface area (Å²) in [6, 6.07) is 5.65. The molecule has 0 spiro atoms. The number of ether oxygens (including phenoxy) is 1. The van der Waals surface area contributed by atoms with Crippen LogP contribution in [0, 0.1) is 0 Å². The number of methoxy groups -OCH3 is 1. The van der Waals surface area contributed by atoms with Crippen LogP contribution >= 0.6 is 0 Å². The number of carbonyl (C=O) groups excluding carboxylic acids is 1. The molecule has 4 nitrogen and oxygen atoms in total. The van der Waals surface area contributed by atoms with Crippen molar-refractivity contribution in [3.63, 3.8) is 0 Å². The summed E-state index contributed by atoms with van der Waals surface area (Å²) < 4.78 is 5.24. The molecule has 18 heavy (non-hydrogen) atoms. The molecular formula is C14H22N2O2. The van der Waals surface area contributed by atoms with Crippen molar-refractivity contribution >= 4 is 11.7 Å². The molecule has 100 valence electrons. The summed E-state index contributed by atoms with van der Waals surface area (Å²) in [4.78, 5) is 11.6. The lowest BCUT2D eigenvalue weighted by Crippen LogP contribution is -2.29. The van der Waals surface area contributed by atoms with Crippen LogP contribution in [0.2, 0.25) is 0 Å². The van der Waals surface area contributed by atoms with Gasteiger partial charge >= 0.3 is 6.03 Å². The lowest BCUT2D eigenvalue weighted by atomic mass is 10.0. The largest absolute Gasteiger partial charge is 0.495 e. The van der Waals surface area contributed by atoms with E-state index in [1.54, 1.807) is 7.11 Å². The van der Waals surface area contributed by atoms with E-state index < -0.39 is 0 Å². The van der Waals surface area contributed by atoms with Crippen molar-refractivity contribution in [1.82, 2.24) is 5.32 Å². The minimum atomic E-state index is -0.198. The van der Waals surface area contributed by atoms with E-state index in [-0.39, 0.29) is 6.03 Å². The number of benzene rings is 1. The highest BCUT2D eigenvalue weighted by Gasteiger charge is 2.09. The number of amides is 2. The van der Waals surface area contributed by atoms with E-state index in [1.807, 2.05) is 25.1 Å². The molecule has 0 bridgehead atoms. The van der Waals surface area contributed by atoms with Gasteiger partial charge in [0.2, 0.25) is 0 Å². The Labute approximate surface area is 109 Å². The first kappa shape index (κ1) is 14.4. The molecule has 0 radical (unpaired) electrons. The monoisotopic (exact) mass is 250 g/mol. The Hall–Kier alpha value is -1.71. The van der Waals surface area contributed by atoms with Gasteiger partial charge in [0.15, 0.2) is 0 Å². The summed E-state index contributed by atoms with van der Waals surface area (Å²) in [5.41, 5.74) is 1.87. The Morgan fingerprint density at radius 2 is 2.11 bits per heavy atom. The SMILES string of the molecule is CCCNC(=O)Nc1cc(C(C)C)ccc1OC. The highest BCUT2D eigenvalue weighted by atomic mass is 16.5. The predicted molar refractivity (Wildman–Crippen MR) is 74.4 cm³/mol. The number of rotatable bonds is 5. The molecule has 1 rings (SSSR count). The van der Waals surface area contributed by atoms with E-state index in [9.17, 15) is 4.79 Å². The number of anilines is 1. The van der Waals surface area contributed by atoms with E-state index in [2.05, 4.69) is 24.5 Å². The number of urea groups is 1. The Kier molecular flexibility index (Phi) is 5.49. The Morgan fingerprint density at radius 1 is 1.39 bits per heavy atom. The normalized spacial score (nSPS) is 10.3. The summed E-state index contributed by atoms with van der Waals surface area (Å²) in [6.45, 7) is 6.91. The van der Waals surface area contributed by atoms with Gasteiger partial charge in [-0.15, -0.1) is 0 Å². The molecule has 0 aliphatic carbocycles. The summed E-state index contributed by atoms with van der Waals surface area (Å²) in [5, 5.41) is 5.59. The third-order valence-corrected chi connectivity index (χ3v) is 2.67. The van der Waals surface area contributed by atoms with E-state index >= 15 is 0 Å². The van der Waals surface area contributed by atoms with Crippen LogP contribution in [-0.4, -0.2) is 19.7 Å². The van der Waals surface area contributed by atoms with Crippen LogP contribution in [0.15, 0.2) is 18.2 Å². The second-order valence-corrected chi connectivity index (χ2v) is 4.50. The molecule has 0 unspecified atom stereocenters. The van der Waals surface area contributed by atoms with Crippen molar-refractivity contribution in [2.75, 3.05) is 19.0 Å². The van der Waals surface area contributed by atoms with E-state index in [1.165, 1.54) is 5.56 Å². The predicted octanol–water partition coefficient (Wildman–Crippen LogP) is 3.35. The van der Waals surface area contributed by atoms with Gasteiger partial charge in [0.05, 0.1) is 12.8 Å². The lowest BCUT2D eigenvalue weighted by molar-refractivity contribution is 0.252. The highest BCUT2D eigenvalue weighted by Crippen LogP contribution is 2.28. The number of nitrogens with one attached hydrogen (secondary N) is 2. The van der Waals surface area contributed by atoms with Crippen LogP contribution in [0.1, 0.15) is 38.7 Å². The molecule has 0 aromatic heterocycles. The number of hydrogen-bond donors (Lipinski definition) is 2. The summed E-state index contributed by atoms with van der Waals surface area (Å²) in [7, 11) is 1.60. The van der Waals surface area contributed by atoms with Crippen LogP contribution in [0.4, 0.5) is 10.5 Å². The maximum atomic E-state index is 11.6. The standard InChI is InChI=1S/C14H22N2O2/c1-5-8-15-14(17)16-12-9-11(10(2)3)6-7-13(12)18-4/h6-7,9-10H,5,8H2,1-4H3,(H2,15,16,17). The minimum absolute atomic E-state index is 0.198. The third kappa shape index (κ3) is 3.95. The summed E-state index contributed by atoms with van der Waals surface area (Å²) in [6.07, 6.45) is 0.913. The zero-order chi connectivity index (χ0) is 13.5. The second kappa shape index (κ2) is 6.89. The molecule has 0 saturated heterocycles. The van der Waals surface area contributed by atoms with Gasteiger partial charge in [0, 0.05) is 6.54 Å². The molecule has 0 saturated carbocycles. The second-order valence-electron chi connectivity index (χ2n) is 4.50. The van der Waals surface area contributed by atoms with Crippen molar-refractivity contribution in [3.8, 4) is 5.75 Å². The van der Waals surface area contributed by atoms with E-state index in [4.69, 9.17) is 4.74 Å². The van der Waals surface area contributed by atoms with Gasteiger partial charge in [-0.25, -0.2) is 4.79 Å². The maximum absolute atomic E-state index is 11.6. The molecule has 0 aliphatic rings. The fraction of sp³-hybridized carbons (Fsp3) is 0.500. The molecule has 1 aromatic carbocycles. The van der Waals surface area contributed by atoms with Gasteiger partial charge in [-0.3, -0.25) is 0 Å². The molecule has 0 fully saturated rings. The number of hydrogen-bond acceptors (Lipinski definition) is 2. The molecule has 1 aromatic rings. The van der Waals surface area contributed by atoms with Gasteiger partial charge < -0.3 is 15.4 Å². The Bertz CT molecular complexity index is 403. The lowest BCUT2D eigenvalue weighted by Gasteiger charge is -2.14. The summed E-state index contributed by atoms with van der Waals surface area (Å²) >= 11 is 0. The zero-order valence-corrected chi connectivity index (χ0v) is 11.5. The average molecular weight is 250 g/mol. The van der Waals surface area contributed by atoms with Crippen LogP contribution in [-0.2, 0) is 0 Å². The third-order valence-electron chi connectivity index (χ3n) is 2.67. The maximum Gasteiger partial charge on any atom is 0.319 e. The molecule has 2 amide bonds. The first-order valence-electron chi connectivity index (χ1n) is 6.31. The van der Waals surface area contributed by atoms with Crippen LogP contribution in [0.25, 0.3) is 0 Å². The van der Waals surface area contributed by atoms with Gasteiger partial charge in [0.1, 0.15) is 5.75 Å². The van der Waals surface area contributed by atoms with Crippen LogP contribution < -0.4 is 15.4 Å². The minimum Gasteiger partial charge on any atom is -0.495 e. The first-order valence-corrected chi connectivity index (χ1v) is 6.31. The first-order chi connectivity index (χ1) is 8.58. The summed E-state index contributed by atoms with van der Waals surface area (Å²) in [5.74, 6) is 1.08. The van der Waals surface area contributed by atoms with Crippen molar-refractivity contribution in [2.45, 2.75) is 33.1 Å².